The monoisotopic (exact) mass is 443 g/mol. The van der Waals surface area contributed by atoms with Crippen molar-refractivity contribution in [2.75, 3.05) is 38.7 Å². The number of H-pyrrole nitrogens is 1. The van der Waals surface area contributed by atoms with Gasteiger partial charge in [0.05, 0.1) is 17.8 Å². The summed E-state index contributed by atoms with van der Waals surface area (Å²) in [6.07, 6.45) is 2.60. The van der Waals surface area contributed by atoms with Gasteiger partial charge in [-0.2, -0.15) is 0 Å². The van der Waals surface area contributed by atoms with Gasteiger partial charge >= 0.3 is 0 Å². The summed E-state index contributed by atoms with van der Waals surface area (Å²) in [4.78, 5) is 29.2. The van der Waals surface area contributed by atoms with E-state index in [0.717, 1.165) is 42.6 Å². The van der Waals surface area contributed by atoms with E-state index in [1.807, 2.05) is 36.4 Å². The largest absolute Gasteiger partial charge is 0.396 e. The van der Waals surface area contributed by atoms with Crippen LogP contribution in [0.3, 0.4) is 0 Å². The van der Waals surface area contributed by atoms with Gasteiger partial charge in [0.1, 0.15) is 0 Å². The number of rotatable bonds is 6. The molecule has 33 heavy (non-hydrogen) atoms. The maximum Gasteiger partial charge on any atom is 0.260 e. The molecular weight excluding hydrogens is 414 g/mol. The van der Waals surface area contributed by atoms with Crippen LogP contribution in [0.1, 0.15) is 18.4 Å². The molecule has 1 aromatic heterocycles. The lowest BCUT2D eigenvalue weighted by Gasteiger charge is -2.35. The second-order valence-electron chi connectivity index (χ2n) is 8.62. The smallest absolute Gasteiger partial charge is 0.260 e. The third kappa shape index (κ3) is 4.98. The minimum atomic E-state index is -0.186. The van der Waals surface area contributed by atoms with Gasteiger partial charge in [-0.15, -0.1) is 0 Å². The number of aliphatic hydroxyl groups is 1. The van der Waals surface area contributed by atoms with E-state index in [-0.39, 0.29) is 12.2 Å². The van der Waals surface area contributed by atoms with Crippen LogP contribution in [0, 0.1) is 6.57 Å². The van der Waals surface area contributed by atoms with Gasteiger partial charge in [0, 0.05) is 25.7 Å². The van der Waals surface area contributed by atoms with E-state index in [0.29, 0.717) is 35.4 Å². The first-order chi connectivity index (χ1) is 16.0. The van der Waals surface area contributed by atoms with Crippen molar-refractivity contribution in [3.8, 4) is 22.4 Å². The molecule has 0 unspecified atom stereocenters. The highest BCUT2D eigenvalue weighted by atomic mass is 16.3. The van der Waals surface area contributed by atoms with Gasteiger partial charge in [-0.3, -0.25) is 9.78 Å². The average Bonchev–Trinajstić information content (AvgIpc) is 2.84. The number of piperidine rings is 1. The summed E-state index contributed by atoms with van der Waals surface area (Å²) in [7, 11) is 4.21. The number of benzene rings is 2. The molecule has 0 bridgehead atoms. The predicted octanol–water partition coefficient (Wildman–Crippen LogP) is 3.72. The van der Waals surface area contributed by atoms with Gasteiger partial charge in [-0.05, 0) is 50.0 Å². The number of hydrogen-bond donors (Lipinski definition) is 2. The third-order valence-electron chi connectivity index (χ3n) is 6.31. The van der Waals surface area contributed by atoms with Crippen LogP contribution < -0.4 is 10.5 Å². The average molecular weight is 444 g/mol. The van der Waals surface area contributed by atoms with Crippen LogP contribution in [0.4, 0.5) is 11.6 Å². The van der Waals surface area contributed by atoms with E-state index in [9.17, 15) is 9.90 Å². The second kappa shape index (κ2) is 9.99. The van der Waals surface area contributed by atoms with Crippen molar-refractivity contribution in [1.82, 2.24) is 14.9 Å². The molecule has 7 heteroatoms. The van der Waals surface area contributed by atoms with E-state index in [1.54, 1.807) is 12.1 Å². The molecule has 7 nitrogen and oxygen atoms in total. The first kappa shape index (κ1) is 22.7. The maximum atomic E-state index is 13.4. The van der Waals surface area contributed by atoms with Gasteiger partial charge in [-0.25, -0.2) is 9.83 Å². The third-order valence-corrected chi connectivity index (χ3v) is 6.31. The zero-order valence-corrected chi connectivity index (χ0v) is 19.1. The first-order valence-corrected chi connectivity index (χ1v) is 11.2. The lowest BCUT2D eigenvalue weighted by atomic mass is 9.98. The second-order valence-corrected chi connectivity index (χ2v) is 8.62. The standard InChI is InChI=1S/C26H29N5O2/c1-27-21-10-8-20(9-11-21)24-23(19-6-4-18(5-7-19)14-17-32)25(33)29-26(28-24)31-15-12-22(13-16-31)30(2)3/h4-11,22,32H,12-17H2,2-3H3,(H,28,29,33). The number of nitrogens with zero attached hydrogens (tertiary/aromatic N) is 4. The fourth-order valence-corrected chi connectivity index (χ4v) is 4.34. The van der Waals surface area contributed by atoms with Gasteiger partial charge in [0.25, 0.3) is 5.56 Å². The fraction of sp³-hybridized carbons (Fsp3) is 0.346. The molecule has 0 atom stereocenters. The molecule has 0 spiro atoms. The number of aromatic nitrogens is 2. The molecule has 0 aliphatic carbocycles. The Hall–Kier alpha value is -3.47. The molecule has 2 heterocycles. The number of anilines is 1. The molecule has 1 fully saturated rings. The number of hydrogen-bond acceptors (Lipinski definition) is 5. The minimum absolute atomic E-state index is 0.0827. The molecule has 0 saturated carbocycles. The van der Waals surface area contributed by atoms with Crippen LogP contribution >= 0.6 is 0 Å². The number of aromatic amines is 1. The lowest BCUT2D eigenvalue weighted by Crippen LogP contribution is -2.43. The zero-order valence-electron chi connectivity index (χ0n) is 19.1. The molecule has 3 aromatic rings. The summed E-state index contributed by atoms with van der Waals surface area (Å²) in [6, 6.07) is 15.4. The normalized spacial score (nSPS) is 14.5. The molecule has 1 aliphatic rings. The Morgan fingerprint density at radius 2 is 1.73 bits per heavy atom. The summed E-state index contributed by atoms with van der Waals surface area (Å²) in [6.45, 7) is 8.97. The molecule has 1 saturated heterocycles. The molecular formula is C26H29N5O2. The summed E-state index contributed by atoms with van der Waals surface area (Å²) < 4.78 is 0. The summed E-state index contributed by atoms with van der Waals surface area (Å²) in [5.74, 6) is 0.585. The minimum Gasteiger partial charge on any atom is -0.396 e. The fourth-order valence-electron chi connectivity index (χ4n) is 4.34. The van der Waals surface area contributed by atoms with Gasteiger partial charge < -0.3 is 14.9 Å². The van der Waals surface area contributed by atoms with Crippen LogP contribution in [0.15, 0.2) is 53.3 Å². The Bertz CT molecular complexity index is 1190. The highest BCUT2D eigenvalue weighted by Crippen LogP contribution is 2.31. The van der Waals surface area contributed by atoms with Crippen molar-refractivity contribution in [3.05, 3.63) is 75.9 Å². The Morgan fingerprint density at radius 1 is 1.09 bits per heavy atom. The van der Waals surface area contributed by atoms with E-state index < -0.39 is 0 Å². The van der Waals surface area contributed by atoms with Crippen LogP contribution in [-0.4, -0.2) is 59.8 Å². The van der Waals surface area contributed by atoms with Crippen molar-refractivity contribution >= 4 is 11.6 Å². The van der Waals surface area contributed by atoms with Gasteiger partial charge in [0.15, 0.2) is 5.69 Å². The van der Waals surface area contributed by atoms with Crippen LogP contribution in [0.5, 0.6) is 0 Å². The Morgan fingerprint density at radius 3 is 2.30 bits per heavy atom. The van der Waals surface area contributed by atoms with E-state index in [2.05, 4.69) is 33.7 Å². The van der Waals surface area contributed by atoms with E-state index in [4.69, 9.17) is 11.6 Å². The van der Waals surface area contributed by atoms with Crippen molar-refractivity contribution in [2.45, 2.75) is 25.3 Å². The Balaban J connectivity index is 1.77. The SMILES string of the molecule is [C-]#[N+]c1ccc(-c2nc(N3CCC(N(C)C)CC3)[nH]c(=O)c2-c2ccc(CCO)cc2)cc1. The molecule has 2 aromatic carbocycles. The summed E-state index contributed by atoms with van der Waals surface area (Å²) >= 11 is 0. The Kier molecular flexibility index (Phi) is 6.87. The quantitative estimate of drug-likeness (QED) is 0.568. The Labute approximate surface area is 194 Å². The zero-order chi connectivity index (χ0) is 23.4. The molecule has 2 N–H and O–H groups in total. The summed E-state index contributed by atoms with van der Waals surface area (Å²) in [5, 5.41) is 9.19. The van der Waals surface area contributed by atoms with E-state index >= 15 is 0 Å². The first-order valence-electron chi connectivity index (χ1n) is 11.2. The van der Waals surface area contributed by atoms with Crippen LogP contribution in [0.25, 0.3) is 27.2 Å². The highest BCUT2D eigenvalue weighted by Gasteiger charge is 2.24. The van der Waals surface area contributed by atoms with Crippen molar-refractivity contribution < 1.29 is 5.11 Å². The van der Waals surface area contributed by atoms with Crippen molar-refractivity contribution in [1.29, 1.82) is 0 Å². The topological polar surface area (TPSA) is 76.8 Å². The van der Waals surface area contributed by atoms with Crippen molar-refractivity contribution in [2.24, 2.45) is 0 Å². The molecule has 0 radical (unpaired) electrons. The van der Waals surface area contributed by atoms with Crippen molar-refractivity contribution in [3.63, 3.8) is 0 Å². The van der Waals surface area contributed by atoms with Gasteiger partial charge in [-0.1, -0.05) is 48.5 Å². The molecule has 170 valence electrons. The highest BCUT2D eigenvalue weighted by molar-refractivity contribution is 5.81. The predicted molar refractivity (Wildman–Crippen MR) is 132 cm³/mol. The van der Waals surface area contributed by atoms with Gasteiger partial charge in [0.2, 0.25) is 5.95 Å². The van der Waals surface area contributed by atoms with Crippen LogP contribution in [-0.2, 0) is 6.42 Å². The number of nitrogens with one attached hydrogen (secondary N) is 1. The van der Waals surface area contributed by atoms with Crippen LogP contribution in [0.2, 0.25) is 0 Å². The summed E-state index contributed by atoms with van der Waals surface area (Å²) in [5.41, 5.74) is 4.05. The maximum absolute atomic E-state index is 13.4. The number of aliphatic hydroxyl groups excluding tert-OH is 1. The molecule has 1 aliphatic heterocycles. The van der Waals surface area contributed by atoms with E-state index in [1.165, 1.54) is 0 Å². The lowest BCUT2D eigenvalue weighted by molar-refractivity contribution is 0.249. The molecule has 0 amide bonds. The molecule has 4 rings (SSSR count).